The summed E-state index contributed by atoms with van der Waals surface area (Å²) >= 11 is 0. The smallest absolute Gasteiger partial charge is 0.197 e. The highest BCUT2D eigenvalue weighted by molar-refractivity contribution is 6.11. The normalized spacial score (nSPS) is 10.2. The number of aryl methyl sites for hydroxylation is 1. The molecule has 0 aliphatic carbocycles. The largest absolute Gasteiger partial charge is 0.496 e. The summed E-state index contributed by atoms with van der Waals surface area (Å²) in [6, 6.07) is 5.50. The Morgan fingerprint density at radius 3 is 2.72 bits per heavy atom. The summed E-state index contributed by atoms with van der Waals surface area (Å²) in [6.07, 6.45) is 3.13. The molecule has 0 saturated heterocycles. The Kier molecular flexibility index (Phi) is 3.37. The zero-order chi connectivity index (χ0) is 13.1. The fourth-order valence-corrected chi connectivity index (χ4v) is 1.73. The van der Waals surface area contributed by atoms with E-state index in [1.165, 1.54) is 31.5 Å². The molecule has 1 heterocycles. The van der Waals surface area contributed by atoms with Crippen LogP contribution in [-0.4, -0.2) is 17.9 Å². The second kappa shape index (κ2) is 4.96. The Balaban J connectivity index is 2.52. The summed E-state index contributed by atoms with van der Waals surface area (Å²) in [5.41, 5.74) is 1.45. The molecule has 0 radical (unpaired) electrons. The van der Waals surface area contributed by atoms with Crippen molar-refractivity contribution in [2.45, 2.75) is 6.92 Å². The van der Waals surface area contributed by atoms with Crippen molar-refractivity contribution in [3.8, 4) is 5.75 Å². The van der Waals surface area contributed by atoms with Crippen molar-refractivity contribution in [2.75, 3.05) is 7.11 Å². The molecule has 1 aromatic carbocycles. The van der Waals surface area contributed by atoms with Crippen LogP contribution in [0.2, 0.25) is 0 Å². The Labute approximate surface area is 104 Å². The van der Waals surface area contributed by atoms with Crippen LogP contribution in [0.5, 0.6) is 5.75 Å². The van der Waals surface area contributed by atoms with Gasteiger partial charge in [0.25, 0.3) is 0 Å². The monoisotopic (exact) mass is 245 g/mol. The van der Waals surface area contributed by atoms with Gasteiger partial charge >= 0.3 is 0 Å². The minimum Gasteiger partial charge on any atom is -0.496 e. The van der Waals surface area contributed by atoms with Crippen molar-refractivity contribution < 1.29 is 13.9 Å². The molecule has 0 bridgehead atoms. The number of hydrogen-bond donors (Lipinski definition) is 0. The van der Waals surface area contributed by atoms with E-state index in [0.29, 0.717) is 11.3 Å². The maximum atomic E-state index is 13.2. The zero-order valence-electron chi connectivity index (χ0n) is 10.1. The number of nitrogens with zero attached hydrogens (tertiary/aromatic N) is 1. The fourth-order valence-electron chi connectivity index (χ4n) is 1.73. The third kappa shape index (κ3) is 2.22. The van der Waals surface area contributed by atoms with Crippen LogP contribution in [0.4, 0.5) is 4.39 Å². The van der Waals surface area contributed by atoms with Crippen molar-refractivity contribution >= 4 is 5.78 Å². The highest BCUT2D eigenvalue weighted by atomic mass is 19.1. The lowest BCUT2D eigenvalue weighted by Crippen LogP contribution is -2.06. The van der Waals surface area contributed by atoms with Gasteiger partial charge in [-0.05, 0) is 36.8 Å². The molecule has 2 aromatic rings. The van der Waals surface area contributed by atoms with Gasteiger partial charge in [-0.15, -0.1) is 0 Å². The van der Waals surface area contributed by atoms with E-state index in [4.69, 9.17) is 4.74 Å². The summed E-state index contributed by atoms with van der Waals surface area (Å²) in [7, 11) is 1.45. The lowest BCUT2D eigenvalue weighted by Gasteiger charge is -2.09. The number of rotatable bonds is 3. The standard InChI is InChI=1S/C14H12FNO2/c1-9-8-16-6-5-11(9)14(17)12-7-10(15)3-4-13(12)18-2/h3-8H,1-2H3. The van der Waals surface area contributed by atoms with Crippen LogP contribution in [0.25, 0.3) is 0 Å². The minimum atomic E-state index is -0.467. The minimum absolute atomic E-state index is 0.215. The van der Waals surface area contributed by atoms with Gasteiger partial charge in [-0.3, -0.25) is 9.78 Å². The Bertz CT molecular complexity index is 596. The number of ether oxygens (including phenoxy) is 1. The highest BCUT2D eigenvalue weighted by Gasteiger charge is 2.17. The molecule has 0 amide bonds. The molecule has 0 aliphatic heterocycles. The average Bonchev–Trinajstić information content (AvgIpc) is 2.38. The van der Waals surface area contributed by atoms with E-state index >= 15 is 0 Å². The first-order valence-electron chi connectivity index (χ1n) is 5.42. The van der Waals surface area contributed by atoms with Crippen LogP contribution in [-0.2, 0) is 0 Å². The lowest BCUT2D eigenvalue weighted by molar-refractivity contribution is 0.103. The molecule has 2 rings (SSSR count). The molecule has 0 saturated carbocycles. The molecule has 0 N–H and O–H groups in total. The van der Waals surface area contributed by atoms with Gasteiger partial charge in [0.2, 0.25) is 0 Å². The van der Waals surface area contributed by atoms with Gasteiger partial charge in [-0.25, -0.2) is 4.39 Å². The van der Waals surface area contributed by atoms with E-state index in [0.717, 1.165) is 5.56 Å². The van der Waals surface area contributed by atoms with Gasteiger partial charge < -0.3 is 4.74 Å². The number of ketones is 1. The molecule has 0 unspecified atom stereocenters. The quantitative estimate of drug-likeness (QED) is 0.780. The van der Waals surface area contributed by atoms with Crippen LogP contribution in [0.1, 0.15) is 21.5 Å². The third-order valence-electron chi connectivity index (χ3n) is 2.67. The lowest BCUT2D eigenvalue weighted by atomic mass is 10.00. The number of carbonyl (C=O) groups is 1. The molecule has 18 heavy (non-hydrogen) atoms. The van der Waals surface area contributed by atoms with Gasteiger partial charge in [0, 0.05) is 18.0 Å². The highest BCUT2D eigenvalue weighted by Crippen LogP contribution is 2.23. The second-order valence-corrected chi connectivity index (χ2v) is 3.86. The van der Waals surface area contributed by atoms with Crippen LogP contribution >= 0.6 is 0 Å². The molecule has 3 nitrogen and oxygen atoms in total. The van der Waals surface area contributed by atoms with Crippen LogP contribution in [0.3, 0.4) is 0 Å². The molecule has 4 heteroatoms. The van der Waals surface area contributed by atoms with Crippen LogP contribution in [0.15, 0.2) is 36.7 Å². The van der Waals surface area contributed by atoms with Gasteiger partial charge in [-0.2, -0.15) is 0 Å². The molecule has 0 aliphatic rings. The Hall–Kier alpha value is -2.23. The van der Waals surface area contributed by atoms with Gasteiger partial charge in [0.15, 0.2) is 5.78 Å². The number of pyridine rings is 1. The molecule has 0 atom stereocenters. The summed E-state index contributed by atoms with van der Waals surface area (Å²) in [6.45, 7) is 1.78. The van der Waals surface area contributed by atoms with Crippen LogP contribution < -0.4 is 4.74 Å². The molecular weight excluding hydrogens is 233 g/mol. The summed E-state index contributed by atoms with van der Waals surface area (Å²) < 4.78 is 18.3. The predicted octanol–water partition coefficient (Wildman–Crippen LogP) is 2.77. The van der Waals surface area contributed by atoms with Crippen molar-refractivity contribution in [1.82, 2.24) is 4.98 Å². The predicted molar refractivity (Wildman–Crippen MR) is 65.4 cm³/mol. The topological polar surface area (TPSA) is 39.2 Å². The number of aromatic nitrogens is 1. The van der Waals surface area contributed by atoms with Gasteiger partial charge in [0.05, 0.1) is 12.7 Å². The third-order valence-corrected chi connectivity index (χ3v) is 2.67. The number of halogens is 1. The average molecular weight is 245 g/mol. The van der Waals surface area contributed by atoms with E-state index in [9.17, 15) is 9.18 Å². The molecule has 1 aromatic heterocycles. The van der Waals surface area contributed by atoms with Gasteiger partial charge in [-0.1, -0.05) is 0 Å². The molecule has 0 spiro atoms. The first kappa shape index (κ1) is 12.2. The summed E-state index contributed by atoms with van der Waals surface area (Å²) in [5, 5.41) is 0. The summed E-state index contributed by atoms with van der Waals surface area (Å²) in [5.74, 6) is -0.380. The van der Waals surface area contributed by atoms with Crippen molar-refractivity contribution in [3.05, 3.63) is 59.2 Å². The Morgan fingerprint density at radius 1 is 1.28 bits per heavy atom. The number of benzene rings is 1. The van der Waals surface area contributed by atoms with Gasteiger partial charge in [0.1, 0.15) is 11.6 Å². The molecule has 0 fully saturated rings. The van der Waals surface area contributed by atoms with E-state index in [-0.39, 0.29) is 11.3 Å². The fraction of sp³-hybridized carbons (Fsp3) is 0.143. The van der Waals surface area contributed by atoms with E-state index in [1.54, 1.807) is 19.2 Å². The second-order valence-electron chi connectivity index (χ2n) is 3.86. The van der Waals surface area contributed by atoms with Crippen LogP contribution in [0, 0.1) is 12.7 Å². The molecule has 92 valence electrons. The summed E-state index contributed by atoms with van der Waals surface area (Å²) in [4.78, 5) is 16.2. The molecular formula is C14H12FNO2. The van der Waals surface area contributed by atoms with E-state index in [2.05, 4.69) is 4.98 Å². The first-order valence-corrected chi connectivity index (χ1v) is 5.42. The number of hydrogen-bond acceptors (Lipinski definition) is 3. The SMILES string of the molecule is COc1ccc(F)cc1C(=O)c1ccncc1C. The van der Waals surface area contributed by atoms with E-state index in [1.807, 2.05) is 0 Å². The zero-order valence-corrected chi connectivity index (χ0v) is 10.1. The maximum absolute atomic E-state index is 13.2. The van der Waals surface area contributed by atoms with Crippen molar-refractivity contribution in [1.29, 1.82) is 0 Å². The van der Waals surface area contributed by atoms with Crippen molar-refractivity contribution in [3.63, 3.8) is 0 Å². The number of carbonyl (C=O) groups excluding carboxylic acids is 1. The van der Waals surface area contributed by atoms with E-state index < -0.39 is 5.82 Å². The number of methoxy groups -OCH3 is 1. The maximum Gasteiger partial charge on any atom is 0.197 e. The first-order chi connectivity index (χ1) is 8.63. The Morgan fingerprint density at radius 2 is 2.06 bits per heavy atom. The van der Waals surface area contributed by atoms with Crippen molar-refractivity contribution in [2.24, 2.45) is 0 Å².